The summed E-state index contributed by atoms with van der Waals surface area (Å²) in [5, 5.41) is 13.3. The van der Waals surface area contributed by atoms with Gasteiger partial charge in [0.2, 0.25) is 0 Å². The summed E-state index contributed by atoms with van der Waals surface area (Å²) in [6.07, 6.45) is 3.06. The predicted octanol–water partition coefficient (Wildman–Crippen LogP) is 5.95. The second-order valence-electron chi connectivity index (χ2n) is 10.3. The molecule has 2 aromatic carbocycles. The van der Waals surface area contributed by atoms with E-state index in [1.165, 1.54) is 29.5 Å². The SMILES string of the molecule is CC1(C)CCC(C)(C)c2cc(COc3ccc([C@H](CC(=O)O)C4=NOCC4)cc3)ccc21. The van der Waals surface area contributed by atoms with E-state index < -0.39 is 5.97 Å². The molecule has 170 valence electrons. The van der Waals surface area contributed by atoms with Crippen molar-refractivity contribution < 1.29 is 19.5 Å². The van der Waals surface area contributed by atoms with Gasteiger partial charge in [-0.1, -0.05) is 63.2 Å². The maximum atomic E-state index is 11.3. The highest BCUT2D eigenvalue weighted by molar-refractivity contribution is 5.94. The van der Waals surface area contributed by atoms with Crippen molar-refractivity contribution in [2.45, 2.75) is 76.7 Å². The molecule has 1 aliphatic carbocycles. The summed E-state index contributed by atoms with van der Waals surface area (Å²) in [7, 11) is 0. The summed E-state index contributed by atoms with van der Waals surface area (Å²) in [4.78, 5) is 16.4. The number of fused-ring (bicyclic) bond motifs is 1. The third-order valence-electron chi connectivity index (χ3n) is 7.02. The molecule has 0 saturated carbocycles. The van der Waals surface area contributed by atoms with Gasteiger partial charge < -0.3 is 14.7 Å². The molecule has 0 amide bonds. The molecule has 1 aliphatic heterocycles. The fraction of sp³-hybridized carbons (Fsp3) is 0.481. The van der Waals surface area contributed by atoms with Crippen molar-refractivity contribution in [2.24, 2.45) is 5.16 Å². The Balaban J connectivity index is 1.47. The minimum absolute atomic E-state index is 0.00363. The Bertz CT molecular complexity index is 1020. The van der Waals surface area contributed by atoms with Gasteiger partial charge in [-0.2, -0.15) is 0 Å². The van der Waals surface area contributed by atoms with Crippen molar-refractivity contribution in [3.63, 3.8) is 0 Å². The van der Waals surface area contributed by atoms with Crippen LogP contribution in [0.25, 0.3) is 0 Å². The molecule has 0 spiro atoms. The molecule has 0 fully saturated rings. The Morgan fingerprint density at radius 3 is 2.38 bits per heavy atom. The lowest BCUT2D eigenvalue weighted by Crippen LogP contribution is -2.33. The van der Waals surface area contributed by atoms with Crippen molar-refractivity contribution in [3.8, 4) is 5.75 Å². The zero-order valence-electron chi connectivity index (χ0n) is 19.5. The first-order valence-corrected chi connectivity index (χ1v) is 11.4. The Kier molecular flexibility index (Phi) is 6.02. The number of oxime groups is 1. The molecule has 2 aliphatic rings. The monoisotopic (exact) mass is 435 g/mol. The van der Waals surface area contributed by atoms with E-state index in [-0.39, 0.29) is 23.2 Å². The van der Waals surface area contributed by atoms with Crippen LogP contribution in [0.3, 0.4) is 0 Å². The van der Waals surface area contributed by atoms with Crippen LogP contribution in [-0.2, 0) is 27.1 Å². The number of carbonyl (C=O) groups is 1. The zero-order chi connectivity index (χ0) is 22.9. The number of ether oxygens (including phenoxy) is 1. The number of hydrogen-bond donors (Lipinski definition) is 1. The largest absolute Gasteiger partial charge is 0.489 e. The highest BCUT2D eigenvalue weighted by Gasteiger charge is 2.36. The molecule has 0 unspecified atom stereocenters. The Hall–Kier alpha value is -2.82. The van der Waals surface area contributed by atoms with Crippen LogP contribution in [0, 0.1) is 0 Å². The van der Waals surface area contributed by atoms with E-state index in [2.05, 4.69) is 51.0 Å². The Labute approximate surface area is 190 Å². The lowest BCUT2D eigenvalue weighted by molar-refractivity contribution is -0.137. The van der Waals surface area contributed by atoms with Crippen LogP contribution in [0.15, 0.2) is 47.6 Å². The molecular formula is C27H33NO4. The maximum absolute atomic E-state index is 11.3. The van der Waals surface area contributed by atoms with E-state index >= 15 is 0 Å². The fourth-order valence-electron chi connectivity index (χ4n) is 4.85. The van der Waals surface area contributed by atoms with Crippen molar-refractivity contribution in [3.05, 3.63) is 64.7 Å². The second-order valence-corrected chi connectivity index (χ2v) is 10.3. The summed E-state index contributed by atoms with van der Waals surface area (Å²) in [6.45, 7) is 10.3. The van der Waals surface area contributed by atoms with Crippen LogP contribution in [0.5, 0.6) is 5.75 Å². The van der Waals surface area contributed by atoms with E-state index in [9.17, 15) is 9.90 Å². The van der Waals surface area contributed by atoms with Gasteiger partial charge in [0.05, 0.1) is 12.1 Å². The van der Waals surface area contributed by atoms with Gasteiger partial charge in [0, 0.05) is 12.3 Å². The highest BCUT2D eigenvalue weighted by Crippen LogP contribution is 2.46. The van der Waals surface area contributed by atoms with Gasteiger partial charge in [-0.15, -0.1) is 0 Å². The van der Waals surface area contributed by atoms with E-state index in [0.29, 0.717) is 19.6 Å². The Morgan fingerprint density at radius 1 is 1.06 bits per heavy atom. The molecule has 5 nitrogen and oxygen atoms in total. The van der Waals surface area contributed by atoms with Gasteiger partial charge in [0.15, 0.2) is 0 Å². The van der Waals surface area contributed by atoms with Gasteiger partial charge in [-0.25, -0.2) is 0 Å². The van der Waals surface area contributed by atoms with Crippen molar-refractivity contribution >= 4 is 11.7 Å². The summed E-state index contributed by atoms with van der Waals surface area (Å²) in [5.74, 6) is -0.344. The number of carboxylic acid groups (broad SMARTS) is 1. The topological polar surface area (TPSA) is 68.1 Å². The average molecular weight is 436 g/mol. The molecule has 1 heterocycles. The number of hydrogen-bond acceptors (Lipinski definition) is 4. The van der Waals surface area contributed by atoms with E-state index in [4.69, 9.17) is 9.57 Å². The first kappa shape index (κ1) is 22.4. The Morgan fingerprint density at radius 2 is 1.75 bits per heavy atom. The summed E-state index contributed by atoms with van der Waals surface area (Å²) in [5.41, 5.74) is 6.14. The molecule has 2 aromatic rings. The first-order valence-electron chi connectivity index (χ1n) is 11.4. The highest BCUT2D eigenvalue weighted by atomic mass is 16.6. The van der Waals surface area contributed by atoms with E-state index in [0.717, 1.165) is 17.0 Å². The number of benzene rings is 2. The van der Waals surface area contributed by atoms with Gasteiger partial charge in [0.25, 0.3) is 0 Å². The number of rotatable bonds is 7. The molecule has 1 atom stereocenters. The van der Waals surface area contributed by atoms with Gasteiger partial charge >= 0.3 is 5.97 Å². The van der Waals surface area contributed by atoms with Crippen LogP contribution < -0.4 is 4.74 Å². The quantitative estimate of drug-likeness (QED) is 0.584. The van der Waals surface area contributed by atoms with Crippen molar-refractivity contribution in [2.75, 3.05) is 6.61 Å². The summed E-state index contributed by atoms with van der Waals surface area (Å²) in [6, 6.07) is 14.4. The molecule has 0 radical (unpaired) electrons. The molecule has 5 heteroatoms. The van der Waals surface area contributed by atoms with Gasteiger partial charge in [-0.05, 0) is 58.1 Å². The molecular weight excluding hydrogens is 402 g/mol. The van der Waals surface area contributed by atoms with Crippen molar-refractivity contribution in [1.29, 1.82) is 0 Å². The molecule has 0 aromatic heterocycles. The zero-order valence-corrected chi connectivity index (χ0v) is 19.5. The van der Waals surface area contributed by atoms with Gasteiger partial charge in [-0.3, -0.25) is 4.79 Å². The second kappa shape index (κ2) is 8.61. The number of aliphatic carboxylic acids is 1. The van der Waals surface area contributed by atoms with Crippen LogP contribution in [-0.4, -0.2) is 23.4 Å². The fourth-order valence-corrected chi connectivity index (χ4v) is 4.85. The van der Waals surface area contributed by atoms with Crippen LogP contribution in [0.2, 0.25) is 0 Å². The molecule has 0 bridgehead atoms. The van der Waals surface area contributed by atoms with Crippen LogP contribution >= 0.6 is 0 Å². The minimum atomic E-state index is -0.844. The number of nitrogens with zero attached hydrogens (tertiary/aromatic N) is 1. The third kappa shape index (κ3) is 4.67. The number of carboxylic acids is 1. The molecule has 32 heavy (non-hydrogen) atoms. The lowest BCUT2D eigenvalue weighted by Gasteiger charge is -2.42. The van der Waals surface area contributed by atoms with Gasteiger partial charge in [0.1, 0.15) is 19.0 Å². The van der Waals surface area contributed by atoms with Crippen LogP contribution in [0.1, 0.15) is 81.5 Å². The normalized spacial score (nSPS) is 19.4. The first-order chi connectivity index (χ1) is 15.2. The lowest BCUT2D eigenvalue weighted by atomic mass is 9.63. The molecule has 0 saturated heterocycles. The molecule has 4 rings (SSSR count). The van der Waals surface area contributed by atoms with E-state index in [1.54, 1.807) is 0 Å². The van der Waals surface area contributed by atoms with E-state index in [1.807, 2.05) is 24.3 Å². The van der Waals surface area contributed by atoms with Crippen molar-refractivity contribution in [1.82, 2.24) is 0 Å². The summed E-state index contributed by atoms with van der Waals surface area (Å²) < 4.78 is 6.07. The maximum Gasteiger partial charge on any atom is 0.304 e. The smallest absolute Gasteiger partial charge is 0.304 e. The predicted molar refractivity (Wildman–Crippen MR) is 125 cm³/mol. The van der Waals surface area contributed by atoms with Crippen LogP contribution in [0.4, 0.5) is 0 Å². The molecule has 1 N–H and O–H groups in total. The average Bonchev–Trinajstić information content (AvgIpc) is 3.29. The third-order valence-corrected chi connectivity index (χ3v) is 7.02. The minimum Gasteiger partial charge on any atom is -0.489 e. The standard InChI is InChI=1S/C27H33NO4/c1-26(2)12-13-27(3,4)23-15-18(5-10-22(23)26)17-31-20-8-6-19(7-9-20)21(16-25(29)30)24-11-14-32-28-24/h5-10,15,21H,11-14,16-17H2,1-4H3,(H,29,30)/t21-/m0/s1. The summed E-state index contributed by atoms with van der Waals surface area (Å²) >= 11 is 0.